The molecule has 1 heterocycles. The lowest BCUT2D eigenvalue weighted by molar-refractivity contribution is -0.145. The average Bonchev–Trinajstić information content (AvgIpc) is 2.54. The van der Waals surface area contributed by atoms with Gasteiger partial charge in [0, 0.05) is 6.20 Å². The molecule has 0 fully saturated rings. The fourth-order valence-corrected chi connectivity index (χ4v) is 0.400. The molecule has 0 atom stereocenters. The minimum atomic E-state index is -0.757. The molecule has 0 aliphatic carbocycles. The molecule has 1 aromatic heterocycles. The molecule has 0 aliphatic heterocycles. The van der Waals surface area contributed by atoms with E-state index < -0.39 is 11.4 Å². The number of aromatic amines is 1. The molecule has 2 N–H and O–H groups in total. The number of aliphatic carboxylic acids is 1. The minimum absolute atomic E-state index is 0.583. The summed E-state index contributed by atoms with van der Waals surface area (Å²) in [7, 11) is 0. The van der Waals surface area contributed by atoms with Crippen molar-refractivity contribution in [3.05, 3.63) is 24.0 Å². The van der Waals surface area contributed by atoms with Gasteiger partial charge in [-0.3, -0.25) is 4.79 Å². The van der Waals surface area contributed by atoms with Crippen molar-refractivity contribution in [2.45, 2.75) is 20.8 Å². The summed E-state index contributed by atoms with van der Waals surface area (Å²) in [5, 5.41) is 16.4. The van der Waals surface area contributed by atoms with Crippen LogP contribution in [0.2, 0.25) is 0 Å². The first-order chi connectivity index (χ1) is 6.38. The van der Waals surface area contributed by atoms with Gasteiger partial charge in [0.15, 0.2) is 0 Å². The van der Waals surface area contributed by atoms with E-state index in [1.165, 1.54) is 0 Å². The van der Waals surface area contributed by atoms with Gasteiger partial charge in [-0.1, -0.05) is 0 Å². The number of nitriles is 1. The molecule has 0 aliphatic rings. The van der Waals surface area contributed by atoms with Crippen LogP contribution in [0, 0.1) is 16.7 Å². The lowest BCUT2D eigenvalue weighted by atomic mass is 9.98. The molecule has 0 bridgehead atoms. The van der Waals surface area contributed by atoms with Crippen molar-refractivity contribution < 1.29 is 9.90 Å². The standard InChI is InChI=1S/C5H4N2.C5H10O2/c6-4-5-2-1-3-7-5;1-5(2,3)4(6)7/h1-3,7H;1-3H3,(H,6,7). The molecule has 76 valence electrons. The van der Waals surface area contributed by atoms with E-state index in [1.807, 2.05) is 6.07 Å². The van der Waals surface area contributed by atoms with Crippen molar-refractivity contribution in [3.63, 3.8) is 0 Å². The normalized spacial score (nSPS) is 9.57. The molecular weight excluding hydrogens is 180 g/mol. The average molecular weight is 194 g/mol. The highest BCUT2D eigenvalue weighted by molar-refractivity contribution is 5.72. The Morgan fingerprint density at radius 1 is 1.57 bits per heavy atom. The number of carboxylic acid groups (broad SMARTS) is 1. The van der Waals surface area contributed by atoms with Crippen LogP contribution in [0.15, 0.2) is 18.3 Å². The Balaban J connectivity index is 0.000000241. The fourth-order valence-electron chi connectivity index (χ4n) is 0.400. The quantitative estimate of drug-likeness (QED) is 0.663. The maximum Gasteiger partial charge on any atom is 0.308 e. The lowest BCUT2D eigenvalue weighted by Crippen LogP contribution is -2.18. The van der Waals surface area contributed by atoms with Gasteiger partial charge in [-0.2, -0.15) is 5.26 Å². The van der Waals surface area contributed by atoms with Crippen molar-refractivity contribution in [1.82, 2.24) is 4.98 Å². The number of carbonyl (C=O) groups is 1. The largest absolute Gasteiger partial charge is 0.481 e. The molecule has 1 aromatic rings. The summed E-state index contributed by atoms with van der Waals surface area (Å²) in [5.74, 6) is -0.757. The Hall–Kier alpha value is -1.76. The smallest absolute Gasteiger partial charge is 0.308 e. The van der Waals surface area contributed by atoms with Gasteiger partial charge < -0.3 is 10.1 Å². The van der Waals surface area contributed by atoms with Crippen molar-refractivity contribution in [2.75, 3.05) is 0 Å². The van der Waals surface area contributed by atoms with Gasteiger partial charge in [0.2, 0.25) is 0 Å². The minimum Gasteiger partial charge on any atom is -0.481 e. The number of hydrogen-bond donors (Lipinski definition) is 2. The molecule has 0 saturated carbocycles. The first kappa shape index (κ1) is 12.2. The first-order valence-corrected chi connectivity index (χ1v) is 4.15. The van der Waals surface area contributed by atoms with E-state index in [0.717, 1.165) is 0 Å². The third-order valence-electron chi connectivity index (χ3n) is 1.36. The van der Waals surface area contributed by atoms with Crippen LogP contribution >= 0.6 is 0 Å². The van der Waals surface area contributed by atoms with Gasteiger partial charge in [0.1, 0.15) is 11.8 Å². The van der Waals surface area contributed by atoms with Gasteiger partial charge in [0.05, 0.1) is 5.41 Å². The maximum atomic E-state index is 10.0. The number of H-pyrrole nitrogens is 1. The van der Waals surface area contributed by atoms with Crippen LogP contribution in [0.4, 0.5) is 0 Å². The molecule has 0 unspecified atom stereocenters. The van der Waals surface area contributed by atoms with Crippen LogP contribution in [0.3, 0.4) is 0 Å². The predicted molar refractivity (Wildman–Crippen MR) is 52.6 cm³/mol. The maximum absolute atomic E-state index is 10.0. The highest BCUT2D eigenvalue weighted by Crippen LogP contribution is 2.11. The molecule has 4 nitrogen and oxygen atoms in total. The van der Waals surface area contributed by atoms with Crippen LogP contribution in [-0.4, -0.2) is 16.1 Å². The zero-order chi connectivity index (χ0) is 11.2. The SMILES string of the molecule is CC(C)(C)C(=O)O.N#Cc1ccc[nH]1. The number of aromatic nitrogens is 1. The lowest BCUT2D eigenvalue weighted by Gasteiger charge is -2.08. The van der Waals surface area contributed by atoms with Crippen LogP contribution in [-0.2, 0) is 4.79 Å². The van der Waals surface area contributed by atoms with Gasteiger partial charge in [-0.05, 0) is 32.9 Å². The third-order valence-corrected chi connectivity index (χ3v) is 1.36. The van der Waals surface area contributed by atoms with Crippen molar-refractivity contribution in [2.24, 2.45) is 5.41 Å². The van der Waals surface area contributed by atoms with Crippen LogP contribution < -0.4 is 0 Å². The summed E-state index contributed by atoms with van der Waals surface area (Å²) >= 11 is 0. The summed E-state index contributed by atoms with van der Waals surface area (Å²) in [6.07, 6.45) is 1.72. The summed E-state index contributed by atoms with van der Waals surface area (Å²) in [4.78, 5) is 12.7. The number of carboxylic acids is 1. The Kier molecular flexibility index (Phi) is 4.44. The monoisotopic (exact) mass is 194 g/mol. The topological polar surface area (TPSA) is 76.9 Å². The Morgan fingerprint density at radius 2 is 2.07 bits per heavy atom. The molecule has 0 radical (unpaired) electrons. The first-order valence-electron chi connectivity index (χ1n) is 4.15. The third kappa shape index (κ3) is 4.99. The van der Waals surface area contributed by atoms with Gasteiger partial charge >= 0.3 is 5.97 Å². The van der Waals surface area contributed by atoms with E-state index in [9.17, 15) is 4.79 Å². The van der Waals surface area contributed by atoms with Crippen molar-refractivity contribution >= 4 is 5.97 Å². The molecule has 14 heavy (non-hydrogen) atoms. The number of nitrogens with one attached hydrogen (secondary N) is 1. The van der Waals surface area contributed by atoms with Crippen LogP contribution in [0.5, 0.6) is 0 Å². The number of hydrogen-bond acceptors (Lipinski definition) is 2. The Morgan fingerprint density at radius 3 is 2.21 bits per heavy atom. The zero-order valence-electron chi connectivity index (χ0n) is 8.53. The summed E-state index contributed by atoms with van der Waals surface area (Å²) in [6.45, 7) is 4.99. The van der Waals surface area contributed by atoms with E-state index in [4.69, 9.17) is 10.4 Å². The van der Waals surface area contributed by atoms with Crippen LogP contribution in [0.1, 0.15) is 26.5 Å². The molecule has 0 saturated heterocycles. The van der Waals surface area contributed by atoms with Gasteiger partial charge in [-0.25, -0.2) is 0 Å². The van der Waals surface area contributed by atoms with Gasteiger partial charge in [0.25, 0.3) is 0 Å². The second kappa shape index (κ2) is 5.07. The Bertz CT molecular complexity index is 315. The van der Waals surface area contributed by atoms with Gasteiger partial charge in [-0.15, -0.1) is 0 Å². The fraction of sp³-hybridized carbons (Fsp3) is 0.400. The molecule has 4 heteroatoms. The van der Waals surface area contributed by atoms with Crippen LogP contribution in [0.25, 0.3) is 0 Å². The second-order valence-electron chi connectivity index (χ2n) is 3.75. The number of nitrogens with zero attached hydrogens (tertiary/aromatic N) is 1. The van der Waals surface area contributed by atoms with Crippen molar-refractivity contribution in [3.8, 4) is 6.07 Å². The summed E-state index contributed by atoms with van der Waals surface area (Å²) in [5.41, 5.74) is 0.0278. The van der Waals surface area contributed by atoms with E-state index in [0.29, 0.717) is 5.69 Å². The highest BCUT2D eigenvalue weighted by Gasteiger charge is 2.18. The highest BCUT2D eigenvalue weighted by atomic mass is 16.4. The second-order valence-corrected chi connectivity index (χ2v) is 3.75. The van der Waals surface area contributed by atoms with E-state index in [-0.39, 0.29) is 0 Å². The van der Waals surface area contributed by atoms with E-state index in [1.54, 1.807) is 39.1 Å². The molecule has 1 rings (SSSR count). The molecule has 0 aromatic carbocycles. The Labute approximate surface area is 83.2 Å². The predicted octanol–water partition coefficient (Wildman–Crippen LogP) is 2.00. The zero-order valence-corrected chi connectivity index (χ0v) is 8.53. The molecule has 0 spiro atoms. The summed E-state index contributed by atoms with van der Waals surface area (Å²) < 4.78 is 0. The van der Waals surface area contributed by atoms with E-state index >= 15 is 0 Å². The van der Waals surface area contributed by atoms with E-state index in [2.05, 4.69) is 4.98 Å². The molecular formula is C10H14N2O2. The van der Waals surface area contributed by atoms with Crippen molar-refractivity contribution in [1.29, 1.82) is 5.26 Å². The molecule has 0 amide bonds. The summed E-state index contributed by atoms with van der Waals surface area (Å²) in [6, 6.07) is 5.46. The number of rotatable bonds is 0.